The third-order valence-corrected chi connectivity index (χ3v) is 3.47. The number of amides is 1. The summed E-state index contributed by atoms with van der Waals surface area (Å²) in [5.41, 5.74) is 0.779. The summed E-state index contributed by atoms with van der Waals surface area (Å²) in [4.78, 5) is 14.2. The maximum absolute atomic E-state index is 12.3. The van der Waals surface area contributed by atoms with Gasteiger partial charge in [-0.25, -0.2) is 0 Å². The summed E-state index contributed by atoms with van der Waals surface area (Å²) in [5, 5.41) is 3.35. The van der Waals surface area contributed by atoms with Crippen LogP contribution < -0.4 is 5.32 Å². The van der Waals surface area contributed by atoms with Crippen molar-refractivity contribution >= 4 is 21.8 Å². The molecule has 17 heavy (non-hydrogen) atoms. The maximum Gasteiger partial charge on any atom is 0.253 e. The Bertz CT molecular complexity index is 370. The van der Waals surface area contributed by atoms with Gasteiger partial charge in [0.25, 0.3) is 5.91 Å². The summed E-state index contributed by atoms with van der Waals surface area (Å²) in [6, 6.07) is 7.59. The normalized spacial score (nSPS) is 17.4. The van der Waals surface area contributed by atoms with E-state index in [0.717, 1.165) is 49.1 Å². The van der Waals surface area contributed by atoms with Gasteiger partial charge in [0.05, 0.1) is 0 Å². The third kappa shape index (κ3) is 3.54. The van der Waals surface area contributed by atoms with E-state index in [2.05, 4.69) is 21.2 Å². The highest BCUT2D eigenvalue weighted by atomic mass is 79.9. The van der Waals surface area contributed by atoms with Crippen molar-refractivity contribution in [2.45, 2.75) is 12.8 Å². The highest BCUT2D eigenvalue weighted by Gasteiger charge is 2.15. The molecular formula is C13H17BrN2O. The molecule has 1 aliphatic heterocycles. The molecule has 1 saturated heterocycles. The second kappa shape index (κ2) is 6.17. The van der Waals surface area contributed by atoms with Gasteiger partial charge in [-0.1, -0.05) is 15.9 Å². The van der Waals surface area contributed by atoms with Crippen LogP contribution in [0.1, 0.15) is 23.2 Å². The number of nitrogens with one attached hydrogen (secondary N) is 1. The van der Waals surface area contributed by atoms with Gasteiger partial charge >= 0.3 is 0 Å². The van der Waals surface area contributed by atoms with Gasteiger partial charge in [0.2, 0.25) is 0 Å². The fourth-order valence-corrected chi connectivity index (χ4v) is 2.27. The number of rotatable bonds is 1. The lowest BCUT2D eigenvalue weighted by Crippen LogP contribution is -2.38. The Morgan fingerprint density at radius 1 is 1.12 bits per heavy atom. The molecule has 3 nitrogen and oxygen atoms in total. The van der Waals surface area contributed by atoms with Crippen LogP contribution in [0.2, 0.25) is 0 Å². The summed E-state index contributed by atoms with van der Waals surface area (Å²) in [6.45, 7) is 3.71. The minimum absolute atomic E-state index is 0.152. The molecule has 1 amide bonds. The Morgan fingerprint density at radius 3 is 2.29 bits per heavy atom. The molecule has 2 rings (SSSR count). The summed E-state index contributed by atoms with van der Waals surface area (Å²) in [5.74, 6) is 0.152. The first-order valence-electron chi connectivity index (χ1n) is 6.03. The van der Waals surface area contributed by atoms with Gasteiger partial charge in [-0.15, -0.1) is 0 Å². The lowest BCUT2D eigenvalue weighted by Gasteiger charge is -2.25. The van der Waals surface area contributed by atoms with E-state index in [1.165, 1.54) is 0 Å². The summed E-state index contributed by atoms with van der Waals surface area (Å²) < 4.78 is 1.01. The standard InChI is InChI=1S/C13H17BrN2O/c14-12-5-3-11(4-6-12)13(17)16-9-1-7-15-8-2-10-16/h3-6,15H,1-2,7-10H2. The molecule has 0 bridgehead atoms. The van der Waals surface area contributed by atoms with Crippen molar-refractivity contribution in [2.75, 3.05) is 26.2 Å². The largest absolute Gasteiger partial charge is 0.339 e. The molecule has 1 aromatic carbocycles. The molecule has 1 heterocycles. The average Bonchev–Trinajstić information content (AvgIpc) is 2.29. The molecule has 1 fully saturated rings. The van der Waals surface area contributed by atoms with Crippen molar-refractivity contribution < 1.29 is 4.79 Å². The molecule has 0 saturated carbocycles. The molecule has 0 radical (unpaired) electrons. The second-order valence-corrected chi connectivity index (χ2v) is 5.17. The Labute approximate surface area is 110 Å². The molecule has 1 N–H and O–H groups in total. The SMILES string of the molecule is O=C(c1ccc(Br)cc1)N1CCCNCCC1. The lowest BCUT2D eigenvalue weighted by molar-refractivity contribution is 0.0745. The first kappa shape index (κ1) is 12.6. The van der Waals surface area contributed by atoms with E-state index in [4.69, 9.17) is 0 Å². The zero-order valence-electron chi connectivity index (χ0n) is 9.79. The van der Waals surface area contributed by atoms with Crippen molar-refractivity contribution in [1.29, 1.82) is 0 Å². The molecule has 4 heteroatoms. The van der Waals surface area contributed by atoms with Gasteiger partial charge < -0.3 is 10.2 Å². The van der Waals surface area contributed by atoms with Gasteiger partial charge in [0, 0.05) is 23.1 Å². The number of benzene rings is 1. The maximum atomic E-state index is 12.3. The molecule has 1 aromatic rings. The molecule has 1 aliphatic rings. The predicted molar refractivity (Wildman–Crippen MR) is 72.1 cm³/mol. The molecule has 0 aliphatic carbocycles. The van der Waals surface area contributed by atoms with Crippen LogP contribution in [0, 0.1) is 0 Å². The third-order valence-electron chi connectivity index (χ3n) is 2.94. The van der Waals surface area contributed by atoms with E-state index in [9.17, 15) is 4.79 Å². The highest BCUT2D eigenvalue weighted by molar-refractivity contribution is 9.10. The number of hydrogen-bond donors (Lipinski definition) is 1. The van der Waals surface area contributed by atoms with Crippen LogP contribution in [0.4, 0.5) is 0 Å². The van der Waals surface area contributed by atoms with Crippen LogP contribution in [0.3, 0.4) is 0 Å². The first-order chi connectivity index (χ1) is 8.27. The van der Waals surface area contributed by atoms with Crippen LogP contribution in [-0.4, -0.2) is 37.0 Å². The Morgan fingerprint density at radius 2 is 1.71 bits per heavy atom. The number of carbonyl (C=O) groups excluding carboxylic acids is 1. The Kier molecular flexibility index (Phi) is 4.57. The van der Waals surface area contributed by atoms with E-state index in [1.807, 2.05) is 29.2 Å². The van der Waals surface area contributed by atoms with E-state index in [0.29, 0.717) is 0 Å². The van der Waals surface area contributed by atoms with Crippen molar-refractivity contribution in [3.05, 3.63) is 34.3 Å². The smallest absolute Gasteiger partial charge is 0.253 e. The predicted octanol–water partition coefficient (Wildman–Crippen LogP) is 2.27. The molecular weight excluding hydrogens is 280 g/mol. The van der Waals surface area contributed by atoms with E-state index < -0.39 is 0 Å². The van der Waals surface area contributed by atoms with E-state index >= 15 is 0 Å². The van der Waals surface area contributed by atoms with Gasteiger partial charge in [0.1, 0.15) is 0 Å². The van der Waals surface area contributed by atoms with Crippen LogP contribution in [0.15, 0.2) is 28.7 Å². The van der Waals surface area contributed by atoms with Gasteiger partial charge in [-0.05, 0) is 50.2 Å². The summed E-state index contributed by atoms with van der Waals surface area (Å²) >= 11 is 3.38. The van der Waals surface area contributed by atoms with Crippen molar-refractivity contribution in [3.8, 4) is 0 Å². The van der Waals surface area contributed by atoms with Crippen LogP contribution in [0.25, 0.3) is 0 Å². The second-order valence-electron chi connectivity index (χ2n) is 4.26. The van der Waals surface area contributed by atoms with E-state index in [-0.39, 0.29) is 5.91 Å². The summed E-state index contributed by atoms with van der Waals surface area (Å²) in [7, 11) is 0. The molecule has 0 atom stereocenters. The number of hydrogen-bond acceptors (Lipinski definition) is 2. The first-order valence-corrected chi connectivity index (χ1v) is 6.82. The topological polar surface area (TPSA) is 32.3 Å². The number of nitrogens with zero attached hydrogens (tertiary/aromatic N) is 1. The zero-order chi connectivity index (χ0) is 12.1. The minimum atomic E-state index is 0.152. The minimum Gasteiger partial charge on any atom is -0.339 e. The van der Waals surface area contributed by atoms with Crippen LogP contribution in [-0.2, 0) is 0 Å². The van der Waals surface area contributed by atoms with E-state index in [1.54, 1.807) is 0 Å². The monoisotopic (exact) mass is 296 g/mol. The number of halogens is 1. The van der Waals surface area contributed by atoms with Crippen LogP contribution >= 0.6 is 15.9 Å². The van der Waals surface area contributed by atoms with Gasteiger partial charge in [-0.2, -0.15) is 0 Å². The fourth-order valence-electron chi connectivity index (χ4n) is 2.00. The average molecular weight is 297 g/mol. The molecule has 0 spiro atoms. The van der Waals surface area contributed by atoms with Crippen LogP contribution in [0.5, 0.6) is 0 Å². The molecule has 0 unspecified atom stereocenters. The molecule has 92 valence electrons. The fraction of sp³-hybridized carbons (Fsp3) is 0.462. The zero-order valence-corrected chi connectivity index (χ0v) is 11.4. The van der Waals surface area contributed by atoms with Crippen molar-refractivity contribution in [3.63, 3.8) is 0 Å². The lowest BCUT2D eigenvalue weighted by atomic mass is 10.1. The molecule has 0 aromatic heterocycles. The Balaban J connectivity index is 2.04. The van der Waals surface area contributed by atoms with Crippen molar-refractivity contribution in [1.82, 2.24) is 10.2 Å². The summed E-state index contributed by atoms with van der Waals surface area (Å²) in [6.07, 6.45) is 2.06. The highest BCUT2D eigenvalue weighted by Crippen LogP contribution is 2.13. The Hall–Kier alpha value is -0.870. The van der Waals surface area contributed by atoms with Crippen molar-refractivity contribution in [2.24, 2.45) is 0 Å². The van der Waals surface area contributed by atoms with Gasteiger partial charge in [-0.3, -0.25) is 4.79 Å². The number of carbonyl (C=O) groups is 1. The quantitative estimate of drug-likeness (QED) is 0.862. The van der Waals surface area contributed by atoms with Gasteiger partial charge in [0.15, 0.2) is 0 Å².